The van der Waals surface area contributed by atoms with Crippen molar-refractivity contribution in [2.45, 2.75) is 31.3 Å². The van der Waals surface area contributed by atoms with Crippen molar-refractivity contribution in [3.8, 4) is 5.75 Å². The highest BCUT2D eigenvalue weighted by Crippen LogP contribution is 2.29. The molecule has 4 nitrogen and oxygen atoms in total. The van der Waals surface area contributed by atoms with Crippen molar-refractivity contribution in [1.29, 1.82) is 0 Å². The summed E-state index contributed by atoms with van der Waals surface area (Å²) in [5.41, 5.74) is 5.95. The number of para-hydroxylation sites is 1. The lowest BCUT2D eigenvalue weighted by Crippen LogP contribution is -2.12. The van der Waals surface area contributed by atoms with Crippen molar-refractivity contribution < 1.29 is 13.2 Å². The van der Waals surface area contributed by atoms with Gasteiger partial charge >= 0.3 is 0 Å². The van der Waals surface area contributed by atoms with Gasteiger partial charge in [-0.15, -0.1) is 0 Å². The Morgan fingerprint density at radius 3 is 2.56 bits per heavy atom. The molecule has 0 amide bonds. The second-order valence-electron chi connectivity index (χ2n) is 3.78. The monoisotopic (exact) mass is 243 g/mol. The first-order chi connectivity index (χ1) is 7.36. The zero-order chi connectivity index (χ0) is 12.3. The summed E-state index contributed by atoms with van der Waals surface area (Å²) in [7, 11) is -3.30. The van der Waals surface area contributed by atoms with Crippen LogP contribution in [-0.4, -0.2) is 20.8 Å². The van der Waals surface area contributed by atoms with Crippen molar-refractivity contribution in [2.24, 2.45) is 0 Å². The third-order valence-electron chi connectivity index (χ3n) is 2.33. The zero-order valence-electron chi connectivity index (χ0n) is 9.73. The SMILES string of the molecule is CCC(C)Oc1cccc(S(C)(=O)=O)c1N. The molecule has 0 aliphatic carbocycles. The van der Waals surface area contributed by atoms with Crippen molar-refractivity contribution >= 4 is 15.5 Å². The molecule has 1 atom stereocenters. The van der Waals surface area contributed by atoms with E-state index in [0.717, 1.165) is 12.7 Å². The van der Waals surface area contributed by atoms with Gasteiger partial charge in [-0.25, -0.2) is 8.42 Å². The van der Waals surface area contributed by atoms with E-state index in [2.05, 4.69) is 0 Å². The van der Waals surface area contributed by atoms with Gasteiger partial charge in [0.15, 0.2) is 9.84 Å². The quantitative estimate of drug-likeness (QED) is 0.819. The van der Waals surface area contributed by atoms with Crippen LogP contribution in [0.1, 0.15) is 20.3 Å². The van der Waals surface area contributed by atoms with Gasteiger partial charge in [0.25, 0.3) is 0 Å². The van der Waals surface area contributed by atoms with Gasteiger partial charge in [0, 0.05) is 6.26 Å². The van der Waals surface area contributed by atoms with Crippen LogP contribution in [0, 0.1) is 0 Å². The maximum Gasteiger partial charge on any atom is 0.177 e. The minimum absolute atomic E-state index is 0.0112. The summed E-state index contributed by atoms with van der Waals surface area (Å²) in [6, 6.07) is 4.79. The van der Waals surface area contributed by atoms with Crippen LogP contribution in [0.4, 0.5) is 5.69 Å². The van der Waals surface area contributed by atoms with Crippen molar-refractivity contribution in [3.05, 3.63) is 18.2 Å². The van der Waals surface area contributed by atoms with Crippen LogP contribution in [0.25, 0.3) is 0 Å². The number of rotatable bonds is 4. The molecule has 0 spiro atoms. The Morgan fingerprint density at radius 1 is 1.44 bits per heavy atom. The molecular formula is C11H17NO3S. The Labute approximate surface area is 96.3 Å². The molecule has 0 fully saturated rings. The molecule has 0 saturated heterocycles. The highest BCUT2D eigenvalue weighted by Gasteiger charge is 2.15. The number of nitrogen functional groups attached to an aromatic ring is 1. The highest BCUT2D eigenvalue weighted by atomic mass is 32.2. The van der Waals surface area contributed by atoms with E-state index < -0.39 is 9.84 Å². The van der Waals surface area contributed by atoms with Crippen molar-refractivity contribution in [3.63, 3.8) is 0 Å². The van der Waals surface area contributed by atoms with Crippen LogP contribution in [0.3, 0.4) is 0 Å². The second-order valence-corrected chi connectivity index (χ2v) is 5.76. The van der Waals surface area contributed by atoms with Gasteiger partial charge in [0.2, 0.25) is 0 Å². The van der Waals surface area contributed by atoms with Crippen molar-refractivity contribution in [1.82, 2.24) is 0 Å². The van der Waals surface area contributed by atoms with E-state index in [4.69, 9.17) is 10.5 Å². The van der Waals surface area contributed by atoms with Gasteiger partial charge in [-0.2, -0.15) is 0 Å². The summed E-state index contributed by atoms with van der Waals surface area (Å²) in [6.45, 7) is 3.90. The first kappa shape index (κ1) is 12.8. The molecule has 1 unspecified atom stereocenters. The maximum atomic E-state index is 11.4. The molecule has 2 N–H and O–H groups in total. The number of ether oxygens (including phenoxy) is 1. The average molecular weight is 243 g/mol. The summed E-state index contributed by atoms with van der Waals surface area (Å²) in [5.74, 6) is 0.428. The van der Waals surface area contributed by atoms with E-state index in [1.54, 1.807) is 12.1 Å². The molecule has 16 heavy (non-hydrogen) atoms. The fourth-order valence-corrected chi connectivity index (χ4v) is 2.08. The molecule has 90 valence electrons. The molecule has 0 radical (unpaired) electrons. The van der Waals surface area contributed by atoms with E-state index in [1.807, 2.05) is 13.8 Å². The average Bonchev–Trinajstić information content (AvgIpc) is 2.19. The molecular weight excluding hydrogens is 226 g/mol. The first-order valence-corrected chi connectivity index (χ1v) is 7.00. The molecule has 0 aliphatic rings. The number of nitrogens with two attached hydrogens (primary N) is 1. The fourth-order valence-electron chi connectivity index (χ4n) is 1.25. The standard InChI is InChI=1S/C11H17NO3S/c1-4-8(2)15-9-6-5-7-10(11(9)12)16(3,13)14/h5-8H,4,12H2,1-3H3. The van der Waals surface area contributed by atoms with E-state index in [1.165, 1.54) is 6.07 Å². The van der Waals surface area contributed by atoms with Gasteiger partial charge in [0.1, 0.15) is 5.75 Å². The summed E-state index contributed by atoms with van der Waals surface area (Å²) in [5, 5.41) is 0. The third kappa shape index (κ3) is 2.88. The minimum atomic E-state index is -3.30. The fraction of sp³-hybridized carbons (Fsp3) is 0.455. The number of anilines is 1. The van der Waals surface area contributed by atoms with Crippen LogP contribution in [-0.2, 0) is 9.84 Å². The van der Waals surface area contributed by atoms with Crippen molar-refractivity contribution in [2.75, 3.05) is 12.0 Å². The molecule has 1 rings (SSSR count). The van der Waals surface area contributed by atoms with Gasteiger partial charge in [-0.3, -0.25) is 0 Å². The summed E-state index contributed by atoms with van der Waals surface area (Å²) < 4.78 is 28.4. The van der Waals surface area contributed by atoms with Crippen LogP contribution in [0.5, 0.6) is 5.75 Å². The van der Waals surface area contributed by atoms with E-state index in [-0.39, 0.29) is 16.7 Å². The van der Waals surface area contributed by atoms with Gasteiger partial charge in [-0.05, 0) is 25.5 Å². The topological polar surface area (TPSA) is 69.4 Å². The molecule has 1 aromatic rings. The number of hydrogen-bond donors (Lipinski definition) is 1. The Morgan fingerprint density at radius 2 is 2.06 bits per heavy atom. The zero-order valence-corrected chi connectivity index (χ0v) is 10.5. The van der Waals surface area contributed by atoms with E-state index >= 15 is 0 Å². The number of sulfone groups is 1. The largest absolute Gasteiger partial charge is 0.489 e. The van der Waals surface area contributed by atoms with Gasteiger partial charge < -0.3 is 10.5 Å². The second kappa shape index (κ2) is 4.74. The van der Waals surface area contributed by atoms with Crippen LogP contribution >= 0.6 is 0 Å². The summed E-state index contributed by atoms with van der Waals surface area (Å²) in [4.78, 5) is 0.119. The molecule has 0 heterocycles. The first-order valence-electron chi connectivity index (χ1n) is 5.11. The lowest BCUT2D eigenvalue weighted by atomic mass is 10.2. The van der Waals surface area contributed by atoms with Crippen LogP contribution < -0.4 is 10.5 Å². The van der Waals surface area contributed by atoms with Crippen LogP contribution in [0.15, 0.2) is 23.1 Å². The molecule has 0 aromatic heterocycles. The summed E-state index contributed by atoms with van der Waals surface area (Å²) >= 11 is 0. The van der Waals surface area contributed by atoms with E-state index in [0.29, 0.717) is 5.75 Å². The smallest absolute Gasteiger partial charge is 0.177 e. The third-order valence-corrected chi connectivity index (χ3v) is 3.48. The lowest BCUT2D eigenvalue weighted by molar-refractivity contribution is 0.218. The van der Waals surface area contributed by atoms with E-state index in [9.17, 15) is 8.42 Å². The normalized spacial score (nSPS) is 13.4. The molecule has 1 aromatic carbocycles. The molecule has 5 heteroatoms. The predicted octanol–water partition coefficient (Wildman–Crippen LogP) is 1.85. The predicted molar refractivity (Wildman–Crippen MR) is 64.3 cm³/mol. The Bertz CT molecular complexity index is 468. The molecule has 0 saturated carbocycles. The van der Waals surface area contributed by atoms with Gasteiger partial charge in [-0.1, -0.05) is 13.0 Å². The lowest BCUT2D eigenvalue weighted by Gasteiger charge is -2.15. The van der Waals surface area contributed by atoms with Gasteiger partial charge in [0.05, 0.1) is 16.7 Å². The minimum Gasteiger partial charge on any atom is -0.489 e. The Kier molecular flexibility index (Phi) is 3.80. The highest BCUT2D eigenvalue weighted by molar-refractivity contribution is 7.90. The summed E-state index contributed by atoms with van der Waals surface area (Å²) in [6.07, 6.45) is 1.98. The number of hydrogen-bond acceptors (Lipinski definition) is 4. The molecule has 0 aliphatic heterocycles. The Hall–Kier alpha value is -1.23. The molecule has 0 bridgehead atoms. The number of benzene rings is 1. The Balaban J connectivity index is 3.15. The van der Waals surface area contributed by atoms with Crippen LogP contribution in [0.2, 0.25) is 0 Å². The maximum absolute atomic E-state index is 11.4.